The van der Waals surface area contributed by atoms with Crippen LogP contribution in [0.5, 0.6) is 5.75 Å². The summed E-state index contributed by atoms with van der Waals surface area (Å²) in [5, 5.41) is 10.7. The van der Waals surface area contributed by atoms with Gasteiger partial charge in [0.15, 0.2) is 5.11 Å². The van der Waals surface area contributed by atoms with Crippen LogP contribution in [0.1, 0.15) is 0 Å². The van der Waals surface area contributed by atoms with Gasteiger partial charge in [0, 0.05) is 18.9 Å². The molecule has 0 aliphatic rings. The van der Waals surface area contributed by atoms with E-state index in [9.17, 15) is 0 Å². The predicted octanol–water partition coefficient (Wildman–Crippen LogP) is 2.30. The Bertz CT molecular complexity index is 585. The van der Waals surface area contributed by atoms with Gasteiger partial charge in [-0.15, -0.1) is 0 Å². The minimum atomic E-state index is 0.401. The van der Waals surface area contributed by atoms with Crippen LogP contribution in [-0.2, 0) is 11.5 Å². The van der Waals surface area contributed by atoms with Gasteiger partial charge < -0.3 is 20.1 Å². The number of anilines is 2. The fourth-order valence-electron chi connectivity index (χ4n) is 1.63. The van der Waals surface area contributed by atoms with E-state index in [4.69, 9.17) is 21.7 Å². The summed E-state index contributed by atoms with van der Waals surface area (Å²) >= 11 is 5.24. The molecule has 0 aliphatic carbocycles. The number of hydrogen-bond acceptors (Lipinski definition) is 4. The maximum atomic E-state index is 5.24. The second-order valence-electron chi connectivity index (χ2n) is 4.00. The highest BCUT2D eigenvalue weighted by molar-refractivity contribution is 7.80. The quantitative estimate of drug-likeness (QED) is 0.825. The van der Waals surface area contributed by atoms with Crippen molar-refractivity contribution in [2.24, 2.45) is 0 Å². The number of methoxy groups -OCH3 is 2. The van der Waals surface area contributed by atoms with E-state index in [-0.39, 0.29) is 0 Å². The first-order valence-corrected chi connectivity index (χ1v) is 6.35. The van der Waals surface area contributed by atoms with Gasteiger partial charge >= 0.3 is 0 Å². The number of nitrogens with one attached hydrogen (secondary N) is 2. The molecule has 2 aromatic rings. The molecule has 0 spiro atoms. The van der Waals surface area contributed by atoms with E-state index in [2.05, 4.69) is 15.7 Å². The molecule has 106 valence electrons. The molecule has 2 rings (SSSR count). The summed E-state index contributed by atoms with van der Waals surface area (Å²) < 4.78 is 11.8. The van der Waals surface area contributed by atoms with Gasteiger partial charge in [-0.3, -0.25) is 0 Å². The minimum Gasteiger partial charge on any atom is -0.497 e. The smallest absolute Gasteiger partial charge is 0.175 e. The summed E-state index contributed by atoms with van der Waals surface area (Å²) in [6.07, 6.45) is 3.49. The standard InChI is InChI=1S/C13H16N4O2S/c1-18-9-17-8-11(7-14-17)16-13(20)15-10-4-3-5-12(6-10)19-2/h3-8H,9H2,1-2H3,(H2,15,16,20). The van der Waals surface area contributed by atoms with Gasteiger partial charge in [0.1, 0.15) is 12.5 Å². The van der Waals surface area contributed by atoms with Crippen molar-refractivity contribution in [2.75, 3.05) is 24.9 Å². The van der Waals surface area contributed by atoms with Gasteiger partial charge in [-0.25, -0.2) is 4.68 Å². The first kappa shape index (κ1) is 14.3. The van der Waals surface area contributed by atoms with Crippen LogP contribution in [0.4, 0.5) is 11.4 Å². The summed E-state index contributed by atoms with van der Waals surface area (Å²) in [5.41, 5.74) is 1.65. The molecular weight excluding hydrogens is 276 g/mol. The Morgan fingerprint density at radius 3 is 2.85 bits per heavy atom. The lowest BCUT2D eigenvalue weighted by Crippen LogP contribution is -2.18. The lowest BCUT2D eigenvalue weighted by molar-refractivity contribution is 0.120. The number of rotatable bonds is 5. The fraction of sp³-hybridized carbons (Fsp3) is 0.231. The van der Waals surface area contributed by atoms with Gasteiger partial charge in [0.25, 0.3) is 0 Å². The largest absolute Gasteiger partial charge is 0.497 e. The number of aromatic nitrogens is 2. The summed E-state index contributed by atoms with van der Waals surface area (Å²) in [6, 6.07) is 7.53. The van der Waals surface area contributed by atoms with Crippen molar-refractivity contribution >= 4 is 28.7 Å². The molecule has 7 heteroatoms. The fourth-order valence-corrected chi connectivity index (χ4v) is 1.86. The van der Waals surface area contributed by atoms with Crippen molar-refractivity contribution in [1.82, 2.24) is 9.78 Å². The normalized spacial score (nSPS) is 10.1. The van der Waals surface area contributed by atoms with E-state index in [1.165, 1.54) is 0 Å². The van der Waals surface area contributed by atoms with E-state index in [1.54, 1.807) is 25.1 Å². The number of benzene rings is 1. The van der Waals surface area contributed by atoms with Crippen LogP contribution in [0, 0.1) is 0 Å². The molecule has 1 aromatic carbocycles. The Morgan fingerprint density at radius 1 is 1.30 bits per heavy atom. The molecule has 2 N–H and O–H groups in total. The minimum absolute atomic E-state index is 0.401. The maximum Gasteiger partial charge on any atom is 0.175 e. The first-order valence-electron chi connectivity index (χ1n) is 5.94. The molecule has 0 amide bonds. The van der Waals surface area contributed by atoms with Crippen molar-refractivity contribution in [2.45, 2.75) is 6.73 Å². The Hall–Kier alpha value is -2.12. The zero-order chi connectivity index (χ0) is 14.4. The Kier molecular flexibility index (Phi) is 4.91. The number of nitrogens with zero attached hydrogens (tertiary/aromatic N) is 2. The Labute approximate surface area is 122 Å². The summed E-state index contributed by atoms with van der Waals surface area (Å²) in [5.74, 6) is 0.769. The van der Waals surface area contributed by atoms with Crippen molar-refractivity contribution in [3.63, 3.8) is 0 Å². The summed E-state index contributed by atoms with van der Waals surface area (Å²) in [6.45, 7) is 0.401. The monoisotopic (exact) mass is 292 g/mol. The molecule has 0 saturated heterocycles. The van der Waals surface area contributed by atoms with Crippen LogP contribution in [0.3, 0.4) is 0 Å². The summed E-state index contributed by atoms with van der Waals surface area (Å²) in [4.78, 5) is 0. The van der Waals surface area contributed by atoms with E-state index < -0.39 is 0 Å². The maximum absolute atomic E-state index is 5.24. The Balaban J connectivity index is 1.94. The molecule has 1 heterocycles. The van der Waals surface area contributed by atoms with Crippen molar-refractivity contribution in [3.05, 3.63) is 36.7 Å². The van der Waals surface area contributed by atoms with Crippen molar-refractivity contribution in [1.29, 1.82) is 0 Å². The van der Waals surface area contributed by atoms with Gasteiger partial charge in [0.2, 0.25) is 0 Å². The van der Waals surface area contributed by atoms with E-state index in [1.807, 2.05) is 30.5 Å². The first-order chi connectivity index (χ1) is 9.71. The third-order valence-electron chi connectivity index (χ3n) is 2.48. The van der Waals surface area contributed by atoms with Crippen molar-refractivity contribution in [3.8, 4) is 5.75 Å². The van der Waals surface area contributed by atoms with Crippen LogP contribution in [0.25, 0.3) is 0 Å². The van der Waals surface area contributed by atoms with Crippen LogP contribution in [0.2, 0.25) is 0 Å². The number of hydrogen-bond donors (Lipinski definition) is 2. The molecule has 0 aliphatic heterocycles. The second kappa shape index (κ2) is 6.88. The second-order valence-corrected chi connectivity index (χ2v) is 4.41. The van der Waals surface area contributed by atoms with E-state index in [0.29, 0.717) is 11.8 Å². The molecule has 0 unspecified atom stereocenters. The van der Waals surface area contributed by atoms with Gasteiger partial charge in [-0.2, -0.15) is 5.10 Å². The van der Waals surface area contributed by atoms with E-state index >= 15 is 0 Å². The molecule has 0 atom stereocenters. The third kappa shape index (κ3) is 3.94. The number of thiocarbonyl (C=S) groups is 1. The molecule has 0 bridgehead atoms. The Morgan fingerprint density at radius 2 is 2.10 bits per heavy atom. The van der Waals surface area contributed by atoms with Crippen LogP contribution < -0.4 is 15.4 Å². The molecular formula is C13H16N4O2S. The molecule has 6 nitrogen and oxygen atoms in total. The lowest BCUT2D eigenvalue weighted by Gasteiger charge is -2.09. The van der Waals surface area contributed by atoms with Crippen LogP contribution >= 0.6 is 12.2 Å². The highest BCUT2D eigenvalue weighted by Gasteiger charge is 2.02. The lowest BCUT2D eigenvalue weighted by atomic mass is 10.3. The molecule has 0 radical (unpaired) electrons. The number of ether oxygens (including phenoxy) is 2. The molecule has 1 aromatic heterocycles. The van der Waals surface area contributed by atoms with E-state index in [0.717, 1.165) is 17.1 Å². The average molecular weight is 292 g/mol. The van der Waals surface area contributed by atoms with Gasteiger partial charge in [-0.05, 0) is 24.4 Å². The molecule has 0 saturated carbocycles. The van der Waals surface area contributed by atoms with Crippen LogP contribution in [0.15, 0.2) is 36.7 Å². The zero-order valence-corrected chi connectivity index (χ0v) is 12.1. The summed E-state index contributed by atoms with van der Waals surface area (Å²) in [7, 11) is 3.24. The van der Waals surface area contributed by atoms with Crippen LogP contribution in [-0.4, -0.2) is 29.1 Å². The topological polar surface area (TPSA) is 60.3 Å². The van der Waals surface area contributed by atoms with Crippen molar-refractivity contribution < 1.29 is 9.47 Å². The third-order valence-corrected chi connectivity index (χ3v) is 2.68. The zero-order valence-electron chi connectivity index (χ0n) is 11.3. The highest BCUT2D eigenvalue weighted by atomic mass is 32.1. The van der Waals surface area contributed by atoms with Gasteiger partial charge in [-0.1, -0.05) is 6.07 Å². The highest BCUT2D eigenvalue weighted by Crippen LogP contribution is 2.17. The predicted molar refractivity (Wildman–Crippen MR) is 82.1 cm³/mol. The average Bonchev–Trinajstić information content (AvgIpc) is 2.86. The van der Waals surface area contributed by atoms with Gasteiger partial charge in [0.05, 0.1) is 25.2 Å². The SMILES string of the molecule is COCn1cc(NC(=S)Nc2cccc(OC)c2)cn1. The molecule has 20 heavy (non-hydrogen) atoms. The molecule has 0 fully saturated rings.